The van der Waals surface area contributed by atoms with E-state index >= 15 is 0 Å². The van der Waals surface area contributed by atoms with E-state index in [0.29, 0.717) is 29.4 Å². The van der Waals surface area contributed by atoms with Crippen molar-refractivity contribution in [1.29, 1.82) is 0 Å². The molecule has 0 aliphatic heterocycles. The van der Waals surface area contributed by atoms with Gasteiger partial charge < -0.3 is 24.3 Å². The Kier molecular flexibility index (Phi) is 6.81. The third-order valence-corrected chi connectivity index (χ3v) is 3.08. The average Bonchev–Trinajstić information content (AvgIpc) is 2.53. The largest absolute Gasteiger partial charge is 0.493 e. The Morgan fingerprint density at radius 1 is 1.10 bits per heavy atom. The Morgan fingerprint density at radius 3 is 2.24 bits per heavy atom. The zero-order chi connectivity index (χ0) is 15.8. The predicted octanol–water partition coefficient (Wildman–Crippen LogP) is 1.93. The van der Waals surface area contributed by atoms with Gasteiger partial charge in [0.05, 0.1) is 28.4 Å². The molecule has 1 atom stereocenters. The van der Waals surface area contributed by atoms with E-state index in [-0.39, 0.29) is 5.97 Å². The summed E-state index contributed by atoms with van der Waals surface area (Å²) in [5.41, 5.74) is 0.649. The summed E-state index contributed by atoms with van der Waals surface area (Å²) in [4.78, 5) is 12.0. The molecule has 1 N–H and O–H groups in total. The third kappa shape index (κ3) is 3.78. The van der Waals surface area contributed by atoms with Crippen LogP contribution in [0.3, 0.4) is 0 Å². The average molecular weight is 297 g/mol. The summed E-state index contributed by atoms with van der Waals surface area (Å²) in [6.07, 6.45) is 0.892. The second-order valence-electron chi connectivity index (χ2n) is 4.33. The molecule has 0 spiro atoms. The Labute approximate surface area is 125 Å². The van der Waals surface area contributed by atoms with E-state index < -0.39 is 6.04 Å². The molecule has 0 aliphatic rings. The molecule has 21 heavy (non-hydrogen) atoms. The summed E-state index contributed by atoms with van der Waals surface area (Å²) >= 11 is 0. The van der Waals surface area contributed by atoms with Gasteiger partial charge in [0.25, 0.3) is 0 Å². The van der Waals surface area contributed by atoms with Crippen molar-refractivity contribution < 1.29 is 23.7 Å². The highest BCUT2D eigenvalue weighted by atomic mass is 16.5. The lowest BCUT2D eigenvalue weighted by Gasteiger charge is -2.21. The minimum atomic E-state index is -0.621. The number of hydrogen-bond acceptors (Lipinski definition) is 6. The molecule has 1 unspecified atom stereocenters. The zero-order valence-corrected chi connectivity index (χ0v) is 13.2. The number of esters is 1. The second kappa shape index (κ2) is 8.36. The molecule has 118 valence electrons. The predicted molar refractivity (Wildman–Crippen MR) is 79.1 cm³/mol. The highest BCUT2D eigenvalue weighted by Crippen LogP contribution is 2.42. The molecule has 0 saturated carbocycles. The van der Waals surface area contributed by atoms with Crippen molar-refractivity contribution in [1.82, 2.24) is 5.32 Å². The van der Waals surface area contributed by atoms with E-state index in [0.717, 1.165) is 6.42 Å². The summed E-state index contributed by atoms with van der Waals surface area (Å²) in [5, 5.41) is 3.15. The molecule has 0 bridgehead atoms. The van der Waals surface area contributed by atoms with Crippen LogP contribution >= 0.6 is 0 Å². The molecule has 6 nitrogen and oxygen atoms in total. The Balaban J connectivity index is 3.32. The van der Waals surface area contributed by atoms with Gasteiger partial charge in [0.2, 0.25) is 5.75 Å². The van der Waals surface area contributed by atoms with Crippen LogP contribution in [-0.4, -0.2) is 41.0 Å². The van der Waals surface area contributed by atoms with Crippen LogP contribution in [0, 0.1) is 0 Å². The lowest BCUT2D eigenvalue weighted by molar-refractivity contribution is -0.143. The van der Waals surface area contributed by atoms with E-state index in [1.54, 1.807) is 19.2 Å². The van der Waals surface area contributed by atoms with Gasteiger partial charge in [-0.2, -0.15) is 0 Å². The van der Waals surface area contributed by atoms with Gasteiger partial charge in [-0.25, -0.2) is 4.79 Å². The molecule has 0 saturated heterocycles. The summed E-state index contributed by atoms with van der Waals surface area (Å²) in [5.74, 6) is 1.06. The monoisotopic (exact) mass is 297 g/mol. The first-order valence-corrected chi connectivity index (χ1v) is 6.74. The number of benzene rings is 1. The molecule has 0 heterocycles. The Hall–Kier alpha value is -1.95. The number of rotatable bonds is 8. The van der Waals surface area contributed by atoms with Crippen LogP contribution in [0.2, 0.25) is 0 Å². The molecule has 0 aliphatic carbocycles. The zero-order valence-electron chi connectivity index (χ0n) is 13.2. The van der Waals surface area contributed by atoms with Crippen LogP contribution in [0.25, 0.3) is 0 Å². The highest BCUT2D eigenvalue weighted by molar-refractivity contribution is 5.79. The SMILES string of the molecule is CCCNC(C(=O)OC)c1ccc(OC)c(OC)c1OC. The van der Waals surface area contributed by atoms with Gasteiger partial charge in [0.15, 0.2) is 11.5 Å². The molecule has 6 heteroatoms. The minimum absolute atomic E-state index is 0.381. The summed E-state index contributed by atoms with van der Waals surface area (Å²) in [7, 11) is 5.95. The molecule has 1 aromatic carbocycles. The number of hydrogen-bond donors (Lipinski definition) is 1. The van der Waals surface area contributed by atoms with Crippen LogP contribution in [0.1, 0.15) is 24.9 Å². The Bertz CT molecular complexity index is 475. The van der Waals surface area contributed by atoms with Crippen molar-refractivity contribution in [3.8, 4) is 17.2 Å². The van der Waals surface area contributed by atoms with Gasteiger partial charge in [-0.1, -0.05) is 6.92 Å². The number of nitrogens with one attached hydrogen (secondary N) is 1. The first-order chi connectivity index (χ1) is 10.1. The lowest BCUT2D eigenvalue weighted by Crippen LogP contribution is -2.30. The normalized spacial score (nSPS) is 11.7. The maximum Gasteiger partial charge on any atom is 0.327 e. The first kappa shape index (κ1) is 17.1. The fraction of sp³-hybridized carbons (Fsp3) is 0.533. The number of carbonyl (C=O) groups excluding carboxylic acids is 1. The van der Waals surface area contributed by atoms with Crippen LogP contribution in [-0.2, 0) is 9.53 Å². The minimum Gasteiger partial charge on any atom is -0.493 e. The summed E-state index contributed by atoms with van der Waals surface area (Å²) in [6.45, 7) is 2.70. The standard InChI is InChI=1S/C15H23NO5/c1-6-9-16-12(15(17)21-5)10-7-8-11(18-2)14(20-4)13(10)19-3/h7-8,12,16H,6,9H2,1-5H3. The maximum atomic E-state index is 12.0. The topological polar surface area (TPSA) is 66.0 Å². The van der Waals surface area contributed by atoms with Gasteiger partial charge in [0, 0.05) is 5.56 Å². The molecule has 1 aromatic rings. The van der Waals surface area contributed by atoms with E-state index in [9.17, 15) is 4.79 Å². The van der Waals surface area contributed by atoms with Crippen LogP contribution in [0.15, 0.2) is 12.1 Å². The highest BCUT2D eigenvalue weighted by Gasteiger charge is 2.27. The molecular formula is C15H23NO5. The fourth-order valence-corrected chi connectivity index (χ4v) is 2.08. The van der Waals surface area contributed by atoms with Gasteiger partial charge in [-0.05, 0) is 25.1 Å². The van der Waals surface area contributed by atoms with Crippen LogP contribution in [0.4, 0.5) is 0 Å². The van der Waals surface area contributed by atoms with E-state index in [1.807, 2.05) is 6.92 Å². The molecule has 0 radical (unpaired) electrons. The quantitative estimate of drug-likeness (QED) is 0.740. The molecule has 1 rings (SSSR count). The molecule has 0 aromatic heterocycles. The van der Waals surface area contributed by atoms with Crippen LogP contribution < -0.4 is 19.5 Å². The lowest BCUT2D eigenvalue weighted by atomic mass is 10.0. The molecule has 0 fully saturated rings. The molecule has 0 amide bonds. The number of carbonyl (C=O) groups is 1. The van der Waals surface area contributed by atoms with Crippen molar-refractivity contribution in [2.24, 2.45) is 0 Å². The second-order valence-corrected chi connectivity index (χ2v) is 4.33. The number of methoxy groups -OCH3 is 4. The van der Waals surface area contributed by atoms with Crippen molar-refractivity contribution in [3.05, 3.63) is 17.7 Å². The molecular weight excluding hydrogens is 274 g/mol. The van der Waals surface area contributed by atoms with Gasteiger partial charge >= 0.3 is 5.97 Å². The van der Waals surface area contributed by atoms with Gasteiger partial charge in [-0.3, -0.25) is 0 Å². The number of ether oxygens (including phenoxy) is 4. The van der Waals surface area contributed by atoms with Crippen molar-refractivity contribution >= 4 is 5.97 Å². The third-order valence-electron chi connectivity index (χ3n) is 3.08. The van der Waals surface area contributed by atoms with E-state index in [4.69, 9.17) is 18.9 Å². The van der Waals surface area contributed by atoms with E-state index in [2.05, 4.69) is 5.32 Å². The smallest absolute Gasteiger partial charge is 0.327 e. The van der Waals surface area contributed by atoms with Gasteiger partial charge in [-0.15, -0.1) is 0 Å². The van der Waals surface area contributed by atoms with Gasteiger partial charge in [0.1, 0.15) is 6.04 Å². The van der Waals surface area contributed by atoms with E-state index in [1.165, 1.54) is 21.3 Å². The maximum absolute atomic E-state index is 12.0. The van der Waals surface area contributed by atoms with Crippen molar-refractivity contribution in [2.75, 3.05) is 35.0 Å². The first-order valence-electron chi connectivity index (χ1n) is 6.74. The summed E-state index contributed by atoms with van der Waals surface area (Å²) in [6, 6.07) is 2.88. The van der Waals surface area contributed by atoms with Crippen LogP contribution in [0.5, 0.6) is 17.2 Å². The Morgan fingerprint density at radius 2 is 1.76 bits per heavy atom. The van der Waals surface area contributed by atoms with Crippen molar-refractivity contribution in [3.63, 3.8) is 0 Å². The fourth-order valence-electron chi connectivity index (χ4n) is 2.08. The van der Waals surface area contributed by atoms with Crippen molar-refractivity contribution in [2.45, 2.75) is 19.4 Å². The summed E-state index contributed by atoms with van der Waals surface area (Å²) < 4.78 is 20.9.